The molecule has 0 heterocycles. The molecule has 5 heteroatoms. The molecule has 1 rings (SSSR count). The lowest BCUT2D eigenvalue weighted by Gasteiger charge is -2.34. The lowest BCUT2D eigenvalue weighted by molar-refractivity contribution is -0.0641. The number of rotatable bonds is 9. The van der Waals surface area contributed by atoms with Gasteiger partial charge in [0.1, 0.15) is 18.3 Å². The zero-order valence-corrected chi connectivity index (χ0v) is 12.3. The summed E-state index contributed by atoms with van der Waals surface area (Å²) >= 11 is 0. The van der Waals surface area contributed by atoms with Crippen LogP contribution in [0.3, 0.4) is 0 Å². The minimum Gasteiger partial charge on any atom is -0.392 e. The Morgan fingerprint density at radius 2 is 1.65 bits per heavy atom. The molecule has 20 heavy (non-hydrogen) atoms. The zero-order chi connectivity index (χ0) is 15.0. The van der Waals surface area contributed by atoms with Crippen molar-refractivity contribution in [3.05, 3.63) is 11.6 Å². The van der Waals surface area contributed by atoms with Gasteiger partial charge in [-0.1, -0.05) is 45.1 Å². The van der Waals surface area contributed by atoms with Gasteiger partial charge >= 0.3 is 0 Å². The summed E-state index contributed by atoms with van der Waals surface area (Å²) in [6, 6.07) is -0.411. The summed E-state index contributed by atoms with van der Waals surface area (Å²) in [4.78, 5) is 0. The molecule has 0 amide bonds. The molecule has 4 atom stereocenters. The van der Waals surface area contributed by atoms with Crippen LogP contribution in [0.15, 0.2) is 11.6 Å². The van der Waals surface area contributed by atoms with Crippen LogP contribution in [0, 0.1) is 0 Å². The number of hydrogen-bond donors (Lipinski definition) is 5. The molecule has 2 unspecified atom stereocenters. The van der Waals surface area contributed by atoms with Crippen LogP contribution in [-0.2, 0) is 0 Å². The Morgan fingerprint density at radius 1 is 1.00 bits per heavy atom. The maximum absolute atomic E-state index is 9.90. The third-order valence-electron chi connectivity index (χ3n) is 3.91. The minimum atomic E-state index is -1.25. The number of unbranched alkanes of at least 4 members (excludes halogenated alkanes) is 5. The van der Waals surface area contributed by atoms with Crippen molar-refractivity contribution in [3.8, 4) is 0 Å². The standard InChI is InChI=1S/C15H29NO4/c1-2-3-4-5-6-7-8-16-12-9-11(10-17)13(18)15(20)14(12)19/h9,12-20H,2-8,10H2,1H3/t12-,13?,14?,15+/m1/s1. The molecule has 0 aromatic heterocycles. The minimum absolute atomic E-state index is 0.305. The highest BCUT2D eigenvalue weighted by Gasteiger charge is 2.36. The van der Waals surface area contributed by atoms with Gasteiger partial charge in [-0.15, -0.1) is 0 Å². The average Bonchev–Trinajstić information content (AvgIpc) is 2.46. The maximum atomic E-state index is 9.90. The van der Waals surface area contributed by atoms with Crippen LogP contribution in [0.2, 0.25) is 0 Å². The molecular weight excluding hydrogens is 258 g/mol. The van der Waals surface area contributed by atoms with Crippen molar-refractivity contribution in [1.82, 2.24) is 5.32 Å². The summed E-state index contributed by atoms with van der Waals surface area (Å²) in [7, 11) is 0. The van der Waals surface area contributed by atoms with Gasteiger partial charge in [-0.25, -0.2) is 0 Å². The van der Waals surface area contributed by atoms with E-state index in [2.05, 4.69) is 12.2 Å². The van der Waals surface area contributed by atoms with Crippen molar-refractivity contribution in [3.63, 3.8) is 0 Å². The highest BCUT2D eigenvalue weighted by atomic mass is 16.4. The van der Waals surface area contributed by atoms with Gasteiger partial charge in [0.05, 0.1) is 12.6 Å². The first-order chi connectivity index (χ1) is 9.61. The molecule has 0 fully saturated rings. The van der Waals surface area contributed by atoms with Crippen molar-refractivity contribution in [1.29, 1.82) is 0 Å². The van der Waals surface area contributed by atoms with Gasteiger partial charge < -0.3 is 25.7 Å². The first kappa shape index (κ1) is 17.6. The lowest BCUT2D eigenvalue weighted by Crippen LogP contribution is -2.54. The summed E-state index contributed by atoms with van der Waals surface area (Å²) in [6.07, 6.45) is 5.34. The van der Waals surface area contributed by atoms with Gasteiger partial charge in [-0.2, -0.15) is 0 Å². The van der Waals surface area contributed by atoms with Crippen LogP contribution in [0.4, 0.5) is 0 Å². The SMILES string of the molecule is CCCCCCCCN[C@@H]1C=C(CO)C(O)[C@H](O)C1O. The van der Waals surface area contributed by atoms with Crippen molar-refractivity contribution in [2.24, 2.45) is 0 Å². The van der Waals surface area contributed by atoms with Crippen LogP contribution in [0.25, 0.3) is 0 Å². The van der Waals surface area contributed by atoms with Gasteiger partial charge in [0.15, 0.2) is 0 Å². The van der Waals surface area contributed by atoms with Crippen molar-refractivity contribution in [2.45, 2.75) is 69.8 Å². The fraction of sp³-hybridized carbons (Fsp3) is 0.867. The molecule has 0 aromatic carbocycles. The maximum Gasteiger partial charge on any atom is 0.111 e. The van der Waals surface area contributed by atoms with Gasteiger partial charge in [0.25, 0.3) is 0 Å². The Bertz CT molecular complexity index is 296. The molecule has 0 aliphatic heterocycles. The van der Waals surface area contributed by atoms with E-state index in [9.17, 15) is 15.3 Å². The molecular formula is C15H29NO4. The summed E-state index contributed by atoms with van der Waals surface area (Å²) in [5.74, 6) is 0. The van der Waals surface area contributed by atoms with E-state index >= 15 is 0 Å². The summed E-state index contributed by atoms with van der Waals surface area (Å²) < 4.78 is 0. The van der Waals surface area contributed by atoms with Crippen molar-refractivity contribution >= 4 is 0 Å². The molecule has 0 aromatic rings. The average molecular weight is 287 g/mol. The molecule has 5 N–H and O–H groups in total. The largest absolute Gasteiger partial charge is 0.392 e. The van der Waals surface area contributed by atoms with Crippen molar-refractivity contribution < 1.29 is 20.4 Å². The number of nitrogens with one attached hydrogen (secondary N) is 1. The normalized spacial score (nSPS) is 30.4. The molecule has 0 bridgehead atoms. The predicted octanol–water partition coefficient (Wildman–Crippen LogP) is 0.320. The molecule has 0 saturated heterocycles. The Morgan fingerprint density at radius 3 is 2.30 bits per heavy atom. The Kier molecular flexibility index (Phi) is 8.33. The van der Waals surface area contributed by atoms with E-state index in [1.165, 1.54) is 25.7 Å². The second-order valence-electron chi connectivity index (χ2n) is 5.57. The van der Waals surface area contributed by atoms with Crippen LogP contribution < -0.4 is 5.32 Å². The topological polar surface area (TPSA) is 93.0 Å². The first-order valence-corrected chi connectivity index (χ1v) is 7.70. The van der Waals surface area contributed by atoms with Crippen molar-refractivity contribution in [2.75, 3.05) is 13.2 Å². The number of aliphatic hydroxyl groups is 4. The quantitative estimate of drug-likeness (QED) is 0.311. The molecule has 0 radical (unpaired) electrons. The number of aliphatic hydroxyl groups excluding tert-OH is 4. The summed E-state index contributed by atoms with van der Waals surface area (Å²) in [5.41, 5.74) is 0.364. The summed E-state index contributed by atoms with van der Waals surface area (Å²) in [6.45, 7) is 2.64. The predicted molar refractivity (Wildman–Crippen MR) is 78.4 cm³/mol. The molecule has 0 saturated carbocycles. The van der Waals surface area contributed by atoms with Crippen LogP contribution in [0.1, 0.15) is 45.4 Å². The van der Waals surface area contributed by atoms with E-state index in [0.29, 0.717) is 5.57 Å². The van der Waals surface area contributed by atoms with E-state index in [4.69, 9.17) is 5.11 Å². The van der Waals surface area contributed by atoms with Gasteiger partial charge in [-0.05, 0) is 18.5 Å². The zero-order valence-electron chi connectivity index (χ0n) is 12.3. The fourth-order valence-electron chi connectivity index (χ4n) is 2.55. The lowest BCUT2D eigenvalue weighted by atomic mass is 9.88. The monoisotopic (exact) mass is 287 g/mol. The third kappa shape index (κ3) is 5.14. The fourth-order valence-corrected chi connectivity index (χ4v) is 2.55. The van der Waals surface area contributed by atoms with Crippen LogP contribution in [-0.4, -0.2) is 57.9 Å². The number of hydrogen-bond acceptors (Lipinski definition) is 5. The third-order valence-corrected chi connectivity index (χ3v) is 3.91. The molecule has 118 valence electrons. The molecule has 1 aliphatic carbocycles. The van der Waals surface area contributed by atoms with Crippen LogP contribution in [0.5, 0.6) is 0 Å². The first-order valence-electron chi connectivity index (χ1n) is 7.70. The highest BCUT2D eigenvalue weighted by Crippen LogP contribution is 2.20. The van der Waals surface area contributed by atoms with Gasteiger partial charge in [-0.3, -0.25) is 0 Å². The molecule has 5 nitrogen and oxygen atoms in total. The summed E-state index contributed by atoms with van der Waals surface area (Å²) in [5, 5.41) is 41.6. The Balaban J connectivity index is 2.29. The highest BCUT2D eigenvalue weighted by molar-refractivity contribution is 5.21. The second-order valence-corrected chi connectivity index (χ2v) is 5.57. The van der Waals surface area contributed by atoms with Crippen LogP contribution >= 0.6 is 0 Å². The van der Waals surface area contributed by atoms with E-state index in [-0.39, 0.29) is 6.61 Å². The smallest absolute Gasteiger partial charge is 0.111 e. The second kappa shape index (κ2) is 9.47. The van der Waals surface area contributed by atoms with E-state index in [1.54, 1.807) is 6.08 Å². The Labute approximate surface area is 121 Å². The van der Waals surface area contributed by atoms with E-state index < -0.39 is 24.4 Å². The van der Waals surface area contributed by atoms with Gasteiger partial charge in [0.2, 0.25) is 0 Å². The molecule has 0 spiro atoms. The van der Waals surface area contributed by atoms with E-state index in [0.717, 1.165) is 19.4 Å². The van der Waals surface area contributed by atoms with Gasteiger partial charge in [0, 0.05) is 0 Å². The Hall–Kier alpha value is -0.460. The van der Waals surface area contributed by atoms with E-state index in [1.807, 2.05) is 0 Å². The molecule has 1 aliphatic rings.